The number of ketones is 3. The molecule has 1 aromatic rings. The maximum atomic E-state index is 13.4. The first-order chi connectivity index (χ1) is 35.8. The molecule has 0 fully saturated rings. The number of Topliss-reactive ketones (excluding diaryl/α,β-unsaturated/α-hetero) is 3. The molecule has 0 aromatic heterocycles. The van der Waals surface area contributed by atoms with Crippen LogP contribution in [0.3, 0.4) is 0 Å². The Balaban J connectivity index is 2.91. The van der Waals surface area contributed by atoms with E-state index in [9.17, 15) is 43.5 Å². The van der Waals surface area contributed by atoms with Crippen LogP contribution in [0.25, 0.3) is 10.4 Å². The van der Waals surface area contributed by atoms with Gasteiger partial charge in [0.05, 0.1) is 85.3 Å². The number of benzene rings is 1. The molecule has 5 amide bonds. The lowest BCUT2D eigenvalue weighted by atomic mass is 10.1. The summed E-state index contributed by atoms with van der Waals surface area (Å²) in [6, 6.07) is 4.29. The van der Waals surface area contributed by atoms with Crippen LogP contribution >= 0.6 is 0 Å². The summed E-state index contributed by atoms with van der Waals surface area (Å²) in [6.07, 6.45) is 3.16. The number of unbranched alkanes of at least 4 members (excludes halogenated alkanes) is 2. The van der Waals surface area contributed by atoms with E-state index in [0.29, 0.717) is 71.4 Å². The predicted octanol–water partition coefficient (Wildman–Crippen LogP) is 1.52. The number of carbonyl (C=O) groups excluding carboxylic acids is 8. The van der Waals surface area contributed by atoms with Crippen LogP contribution in [-0.2, 0) is 57.2 Å². The maximum Gasteiger partial charge on any atom is 0.251 e. The van der Waals surface area contributed by atoms with Gasteiger partial charge in [-0.1, -0.05) is 11.5 Å². The van der Waals surface area contributed by atoms with Gasteiger partial charge in [-0.25, -0.2) is 0 Å². The monoisotopic (exact) mass is 1050 g/mol. The van der Waals surface area contributed by atoms with E-state index in [1.54, 1.807) is 0 Å². The quantitative estimate of drug-likeness (QED) is 0.0203. The number of hydrogen-bond acceptors (Lipinski definition) is 18. The standard InChI is InChI=1S/C49H81N9O16/c1-68-22-8-13-41(60)34-57(35-42(61)14-9-23-69-2)46(64)15-25-72-29-20-53-48(66)38-31-39(33-43(32-38)74-24-10-12-40(59)11-6-5-7-17-55-56-50)49(67)54-21-30-73-26-16-47(65)58(36-44(62)51-18-27-70-3)37-45(63)52-19-28-71-4/h31-33,44,51,62H,5-30,34-37H2,1-4H3,(H,52,63)(H,53,66)(H,54,67). The fraction of sp³-hybridized carbons (Fsp3) is 0.714. The molecule has 1 aromatic carbocycles. The molecule has 0 aliphatic carbocycles. The normalized spacial score (nSPS) is 11.3. The van der Waals surface area contributed by atoms with E-state index in [-0.39, 0.29) is 152 Å². The van der Waals surface area contributed by atoms with Crippen LogP contribution in [-0.4, -0.2) is 215 Å². The summed E-state index contributed by atoms with van der Waals surface area (Å²) in [7, 11) is 6.06. The molecular formula is C49H81N9O16. The van der Waals surface area contributed by atoms with Crippen LogP contribution in [0, 0.1) is 0 Å². The van der Waals surface area contributed by atoms with Crippen LogP contribution in [0.15, 0.2) is 23.3 Å². The summed E-state index contributed by atoms with van der Waals surface area (Å²) in [5.74, 6) is -2.57. The van der Waals surface area contributed by atoms with Gasteiger partial charge in [0.2, 0.25) is 17.7 Å². The summed E-state index contributed by atoms with van der Waals surface area (Å²) < 4.78 is 37.1. The van der Waals surface area contributed by atoms with Gasteiger partial charge in [0.1, 0.15) is 17.8 Å². The first-order valence-electron chi connectivity index (χ1n) is 25.0. The number of aliphatic hydroxyl groups excluding tert-OH is 1. The van der Waals surface area contributed by atoms with E-state index in [1.165, 1.54) is 56.4 Å². The molecule has 0 bridgehead atoms. The number of azide groups is 1. The Bertz CT molecular complexity index is 1850. The van der Waals surface area contributed by atoms with Gasteiger partial charge in [-0.3, -0.25) is 43.7 Å². The maximum absolute atomic E-state index is 13.4. The second-order valence-electron chi connectivity index (χ2n) is 16.8. The van der Waals surface area contributed by atoms with Gasteiger partial charge in [0.15, 0.2) is 11.6 Å². The topological polar surface area (TPSA) is 325 Å². The second-order valence-corrected chi connectivity index (χ2v) is 16.8. The third-order valence-corrected chi connectivity index (χ3v) is 10.7. The molecule has 1 unspecified atom stereocenters. The van der Waals surface area contributed by atoms with Crippen molar-refractivity contribution in [2.24, 2.45) is 5.11 Å². The van der Waals surface area contributed by atoms with Crippen LogP contribution in [0.4, 0.5) is 0 Å². The third-order valence-electron chi connectivity index (χ3n) is 10.7. The summed E-state index contributed by atoms with van der Waals surface area (Å²) >= 11 is 0. The number of aliphatic hydroxyl groups is 1. The van der Waals surface area contributed by atoms with E-state index in [4.69, 9.17) is 38.7 Å². The Labute approximate surface area is 434 Å². The highest BCUT2D eigenvalue weighted by atomic mass is 16.5. The van der Waals surface area contributed by atoms with Crippen molar-refractivity contribution in [1.82, 2.24) is 31.1 Å². The summed E-state index contributed by atoms with van der Waals surface area (Å²) in [6.45, 7) is 1.52. The minimum Gasteiger partial charge on any atom is -0.494 e. The lowest BCUT2D eigenvalue weighted by molar-refractivity contribution is -0.139. The van der Waals surface area contributed by atoms with Crippen molar-refractivity contribution in [3.8, 4) is 5.75 Å². The van der Waals surface area contributed by atoms with E-state index >= 15 is 0 Å². The SMILES string of the molecule is COCCCC(=O)CN(CC(=O)CCCOC)C(=O)CCOCCNC(=O)c1cc(OCCCC(=O)CCCCCN=[N+]=[N-])cc(C(=O)NCCOCCC(=O)N(CC(=O)NCCOC)CC(O)NCCOC)c1. The zero-order chi connectivity index (χ0) is 54.6. The minimum atomic E-state index is -1.12. The first kappa shape index (κ1) is 66.4. The van der Waals surface area contributed by atoms with E-state index in [0.717, 1.165) is 6.42 Å². The highest BCUT2D eigenvalue weighted by molar-refractivity contribution is 6.00. The number of nitrogens with zero attached hydrogens (tertiary/aromatic N) is 5. The molecule has 5 N–H and O–H groups in total. The summed E-state index contributed by atoms with van der Waals surface area (Å²) in [5, 5.41) is 24.8. The fourth-order valence-electron chi connectivity index (χ4n) is 6.79. The van der Waals surface area contributed by atoms with Crippen LogP contribution in [0.1, 0.15) is 97.8 Å². The van der Waals surface area contributed by atoms with Crippen LogP contribution in [0.5, 0.6) is 5.75 Å². The van der Waals surface area contributed by atoms with Crippen molar-refractivity contribution >= 4 is 46.9 Å². The molecule has 1 rings (SSSR count). The highest BCUT2D eigenvalue weighted by Crippen LogP contribution is 2.19. The van der Waals surface area contributed by atoms with Crippen molar-refractivity contribution < 1.29 is 76.6 Å². The van der Waals surface area contributed by atoms with Crippen molar-refractivity contribution in [2.75, 3.05) is 147 Å². The summed E-state index contributed by atoms with van der Waals surface area (Å²) in [5.41, 5.74) is 8.59. The second kappa shape index (κ2) is 43.7. The van der Waals surface area contributed by atoms with E-state index in [2.05, 4.69) is 31.3 Å². The smallest absolute Gasteiger partial charge is 0.251 e. The first-order valence-corrected chi connectivity index (χ1v) is 25.0. The summed E-state index contributed by atoms with van der Waals surface area (Å²) in [4.78, 5) is 108. The fourth-order valence-corrected chi connectivity index (χ4v) is 6.79. The number of hydrogen-bond donors (Lipinski definition) is 5. The van der Waals surface area contributed by atoms with Gasteiger partial charge >= 0.3 is 0 Å². The van der Waals surface area contributed by atoms with Gasteiger partial charge < -0.3 is 64.0 Å². The molecule has 25 heteroatoms. The third kappa shape index (κ3) is 34.0. The molecule has 0 aliphatic heterocycles. The Kier molecular flexibility index (Phi) is 39.2. The molecule has 25 nitrogen and oxygen atoms in total. The largest absolute Gasteiger partial charge is 0.494 e. The number of ether oxygens (including phenoxy) is 7. The molecule has 1 atom stereocenters. The molecule has 418 valence electrons. The molecule has 0 spiro atoms. The van der Waals surface area contributed by atoms with Gasteiger partial charge in [-0.15, -0.1) is 0 Å². The van der Waals surface area contributed by atoms with E-state index < -0.39 is 35.8 Å². The van der Waals surface area contributed by atoms with Crippen molar-refractivity contribution in [2.45, 2.75) is 83.3 Å². The number of rotatable bonds is 48. The zero-order valence-corrected chi connectivity index (χ0v) is 43.8. The molecule has 0 radical (unpaired) electrons. The predicted molar refractivity (Wildman–Crippen MR) is 270 cm³/mol. The van der Waals surface area contributed by atoms with Crippen LogP contribution < -0.4 is 26.0 Å². The van der Waals surface area contributed by atoms with Gasteiger partial charge in [-0.2, -0.15) is 0 Å². The lowest BCUT2D eigenvalue weighted by Crippen LogP contribution is -2.48. The average molecular weight is 1050 g/mol. The Morgan fingerprint density at radius 1 is 0.554 bits per heavy atom. The molecule has 0 aliphatic rings. The number of amides is 5. The van der Waals surface area contributed by atoms with Crippen molar-refractivity contribution in [1.29, 1.82) is 0 Å². The number of nitrogens with one attached hydrogen (secondary N) is 4. The molecule has 0 saturated heterocycles. The Morgan fingerprint density at radius 2 is 1.05 bits per heavy atom. The van der Waals surface area contributed by atoms with Crippen LogP contribution in [0.2, 0.25) is 0 Å². The Hall–Kier alpha value is -5.63. The average Bonchev–Trinajstić information content (AvgIpc) is 3.37. The van der Waals surface area contributed by atoms with E-state index in [1.807, 2.05) is 0 Å². The number of methoxy groups -OCH3 is 4. The lowest BCUT2D eigenvalue weighted by Gasteiger charge is -2.25. The van der Waals surface area contributed by atoms with Gasteiger partial charge in [-0.05, 0) is 55.8 Å². The van der Waals surface area contributed by atoms with Gasteiger partial charge in [0.25, 0.3) is 11.8 Å². The molecular weight excluding hydrogens is 971 g/mol. The molecule has 0 saturated carbocycles. The zero-order valence-electron chi connectivity index (χ0n) is 43.8. The number of carbonyl (C=O) groups is 8. The van der Waals surface area contributed by atoms with Crippen molar-refractivity contribution in [3.05, 3.63) is 39.8 Å². The molecule has 74 heavy (non-hydrogen) atoms. The molecule has 0 heterocycles. The minimum absolute atomic E-state index is 0.00668. The van der Waals surface area contributed by atoms with Crippen molar-refractivity contribution in [3.63, 3.8) is 0 Å². The Morgan fingerprint density at radius 3 is 1.61 bits per heavy atom. The van der Waals surface area contributed by atoms with Gasteiger partial charge in [0, 0.05) is 116 Å². The highest BCUT2D eigenvalue weighted by Gasteiger charge is 2.22.